The highest BCUT2D eigenvalue weighted by Crippen LogP contribution is 2.65. The standard InChI is InChI=1S/C11H18/c1-11(2)9-3-7-4-10(11)6-8(7)5-9/h7-10H,3-6H2,1-2H3. The summed E-state index contributed by atoms with van der Waals surface area (Å²) in [6.07, 6.45) is 6.31. The van der Waals surface area contributed by atoms with Gasteiger partial charge in [0.15, 0.2) is 0 Å². The van der Waals surface area contributed by atoms with Crippen LogP contribution in [0.2, 0.25) is 0 Å². The summed E-state index contributed by atoms with van der Waals surface area (Å²) in [5.74, 6) is 4.53. The first kappa shape index (κ1) is 6.51. The number of rotatable bonds is 0. The SMILES string of the molecule is CC1(C)C2CC3CC1CC3C2. The molecule has 0 nitrogen and oxygen atoms in total. The Labute approximate surface area is 69.4 Å². The summed E-state index contributed by atoms with van der Waals surface area (Å²) in [4.78, 5) is 0. The fourth-order valence-electron chi connectivity index (χ4n) is 4.16. The third kappa shape index (κ3) is 0.625. The van der Waals surface area contributed by atoms with Crippen LogP contribution in [0.3, 0.4) is 0 Å². The Morgan fingerprint density at radius 1 is 0.818 bits per heavy atom. The van der Waals surface area contributed by atoms with Crippen molar-refractivity contribution in [2.75, 3.05) is 0 Å². The van der Waals surface area contributed by atoms with Gasteiger partial charge in [0.05, 0.1) is 0 Å². The molecule has 0 saturated heterocycles. The molecular formula is C11H18. The molecule has 0 atom stereocenters. The first-order valence-electron chi connectivity index (χ1n) is 5.18. The summed E-state index contributed by atoms with van der Waals surface area (Å²) in [6.45, 7) is 5.03. The highest BCUT2D eigenvalue weighted by atomic mass is 14.6. The molecule has 0 aromatic rings. The fourth-order valence-corrected chi connectivity index (χ4v) is 4.16. The monoisotopic (exact) mass is 150 g/mol. The van der Waals surface area contributed by atoms with Gasteiger partial charge in [-0.15, -0.1) is 0 Å². The number of hydrogen-bond donors (Lipinski definition) is 0. The average Bonchev–Trinajstić information content (AvgIpc) is 2.33. The molecule has 0 aromatic heterocycles. The van der Waals surface area contributed by atoms with E-state index in [-0.39, 0.29) is 0 Å². The van der Waals surface area contributed by atoms with Crippen LogP contribution in [0.15, 0.2) is 0 Å². The van der Waals surface area contributed by atoms with Crippen LogP contribution in [0.5, 0.6) is 0 Å². The maximum Gasteiger partial charge on any atom is -0.0297 e. The second-order valence-corrected chi connectivity index (χ2v) is 5.68. The Morgan fingerprint density at radius 2 is 1.18 bits per heavy atom. The van der Waals surface area contributed by atoms with Crippen LogP contribution >= 0.6 is 0 Å². The van der Waals surface area contributed by atoms with E-state index in [4.69, 9.17) is 0 Å². The first-order chi connectivity index (χ1) is 5.18. The van der Waals surface area contributed by atoms with Crippen LogP contribution in [0.1, 0.15) is 39.5 Å². The molecule has 0 radical (unpaired) electrons. The van der Waals surface area contributed by atoms with Crippen molar-refractivity contribution in [2.45, 2.75) is 39.5 Å². The molecule has 0 aliphatic heterocycles. The quantitative estimate of drug-likeness (QED) is 0.498. The lowest BCUT2D eigenvalue weighted by atomic mass is 9.62. The molecule has 0 heteroatoms. The Bertz CT molecular complexity index is 160. The lowest BCUT2D eigenvalue weighted by Crippen LogP contribution is -2.35. The third-order valence-corrected chi connectivity index (χ3v) is 5.12. The average molecular weight is 150 g/mol. The normalized spacial score (nSPS) is 57.3. The second kappa shape index (κ2) is 1.67. The van der Waals surface area contributed by atoms with Crippen molar-refractivity contribution in [3.63, 3.8) is 0 Å². The Morgan fingerprint density at radius 3 is 1.55 bits per heavy atom. The van der Waals surface area contributed by atoms with Gasteiger partial charge in [-0.2, -0.15) is 0 Å². The van der Waals surface area contributed by atoms with E-state index in [0.717, 1.165) is 23.7 Å². The van der Waals surface area contributed by atoms with Gasteiger partial charge < -0.3 is 0 Å². The fraction of sp³-hybridized carbons (Fsp3) is 1.00. The van der Waals surface area contributed by atoms with Gasteiger partial charge in [-0.3, -0.25) is 0 Å². The van der Waals surface area contributed by atoms with E-state index in [0.29, 0.717) is 5.41 Å². The van der Waals surface area contributed by atoms with Gasteiger partial charge >= 0.3 is 0 Å². The van der Waals surface area contributed by atoms with Gasteiger partial charge in [0.1, 0.15) is 0 Å². The largest absolute Gasteiger partial charge is 0.0594 e. The van der Waals surface area contributed by atoms with E-state index in [2.05, 4.69) is 13.8 Å². The molecule has 0 amide bonds. The molecule has 11 heavy (non-hydrogen) atoms. The Balaban J connectivity index is 2.02. The molecular weight excluding hydrogens is 132 g/mol. The van der Waals surface area contributed by atoms with Crippen molar-refractivity contribution >= 4 is 0 Å². The third-order valence-electron chi connectivity index (χ3n) is 5.12. The lowest BCUT2D eigenvalue weighted by Gasteiger charge is -2.43. The van der Waals surface area contributed by atoms with Crippen molar-refractivity contribution in [3.05, 3.63) is 0 Å². The maximum absolute atomic E-state index is 2.51. The van der Waals surface area contributed by atoms with Crippen molar-refractivity contribution < 1.29 is 0 Å². The van der Waals surface area contributed by atoms with Crippen LogP contribution in [0, 0.1) is 29.1 Å². The van der Waals surface area contributed by atoms with Crippen molar-refractivity contribution in [2.24, 2.45) is 29.1 Å². The van der Waals surface area contributed by atoms with E-state index < -0.39 is 0 Å². The van der Waals surface area contributed by atoms with Crippen LogP contribution in [0.4, 0.5) is 0 Å². The molecule has 4 fully saturated rings. The molecule has 4 rings (SSSR count). The summed E-state index contributed by atoms with van der Waals surface area (Å²) in [5, 5.41) is 0. The Kier molecular flexibility index (Phi) is 0.990. The molecule has 4 bridgehead atoms. The van der Waals surface area contributed by atoms with Gasteiger partial charge in [-0.25, -0.2) is 0 Å². The van der Waals surface area contributed by atoms with Crippen LogP contribution in [0.25, 0.3) is 0 Å². The first-order valence-corrected chi connectivity index (χ1v) is 5.18. The van der Waals surface area contributed by atoms with Crippen LogP contribution in [-0.2, 0) is 0 Å². The summed E-state index contributed by atoms with van der Waals surface area (Å²) in [6, 6.07) is 0. The zero-order chi connectivity index (χ0) is 7.64. The second-order valence-electron chi connectivity index (χ2n) is 5.68. The van der Waals surface area contributed by atoms with Gasteiger partial charge in [0, 0.05) is 0 Å². The summed E-state index contributed by atoms with van der Waals surface area (Å²) in [5.41, 5.74) is 0.712. The van der Waals surface area contributed by atoms with Gasteiger partial charge in [-0.1, -0.05) is 13.8 Å². The minimum Gasteiger partial charge on any atom is -0.0594 e. The summed E-state index contributed by atoms with van der Waals surface area (Å²) < 4.78 is 0. The van der Waals surface area contributed by atoms with Gasteiger partial charge in [0.2, 0.25) is 0 Å². The van der Waals surface area contributed by atoms with Gasteiger partial charge in [0.25, 0.3) is 0 Å². The van der Waals surface area contributed by atoms with Crippen LogP contribution in [-0.4, -0.2) is 0 Å². The van der Waals surface area contributed by atoms with Crippen molar-refractivity contribution in [3.8, 4) is 0 Å². The van der Waals surface area contributed by atoms with Crippen molar-refractivity contribution in [1.29, 1.82) is 0 Å². The highest BCUT2D eigenvalue weighted by molar-refractivity contribution is 5.06. The summed E-state index contributed by atoms with van der Waals surface area (Å²) >= 11 is 0. The van der Waals surface area contributed by atoms with Crippen LogP contribution < -0.4 is 0 Å². The predicted molar refractivity (Wildman–Crippen MR) is 46.2 cm³/mol. The predicted octanol–water partition coefficient (Wildman–Crippen LogP) is 3.08. The molecule has 4 aliphatic carbocycles. The Hall–Kier alpha value is 0. The van der Waals surface area contributed by atoms with E-state index >= 15 is 0 Å². The van der Waals surface area contributed by atoms with Crippen molar-refractivity contribution in [1.82, 2.24) is 0 Å². The molecule has 0 heterocycles. The van der Waals surface area contributed by atoms with E-state index in [1.807, 2.05) is 0 Å². The minimum atomic E-state index is 0.712. The lowest BCUT2D eigenvalue weighted by molar-refractivity contribution is 0.0633. The maximum atomic E-state index is 2.51. The summed E-state index contributed by atoms with van der Waals surface area (Å²) in [7, 11) is 0. The number of hydrogen-bond acceptors (Lipinski definition) is 0. The topological polar surface area (TPSA) is 0 Å². The van der Waals surface area contributed by atoms with E-state index in [9.17, 15) is 0 Å². The van der Waals surface area contributed by atoms with E-state index in [1.165, 1.54) is 0 Å². The van der Waals surface area contributed by atoms with E-state index in [1.54, 1.807) is 25.7 Å². The molecule has 4 aliphatic rings. The van der Waals surface area contributed by atoms with Gasteiger partial charge in [-0.05, 0) is 54.8 Å². The molecule has 62 valence electrons. The zero-order valence-corrected chi connectivity index (χ0v) is 7.64. The minimum absolute atomic E-state index is 0.712. The molecule has 0 spiro atoms. The zero-order valence-electron chi connectivity index (χ0n) is 7.64. The molecule has 4 saturated carbocycles. The smallest absolute Gasteiger partial charge is 0.0297 e. The molecule has 0 N–H and O–H groups in total. The molecule has 0 aromatic carbocycles. The molecule has 0 unspecified atom stereocenters. The highest BCUT2D eigenvalue weighted by Gasteiger charge is 2.56.